The first-order valence-electron chi connectivity index (χ1n) is 14.8. The average Bonchev–Trinajstić information content (AvgIpc) is 2.98. The zero-order chi connectivity index (χ0) is 35.9. The molecule has 2 rings (SSSR count). The SMILES string of the molecule is CC(=O)N[C@@H](CCCCNC(=S)Nc1ccc(C(F)(F)F)cc1)C(=O)N[C@H](CCCCNC(=S)Nc1ccc(C(F)(F)F)cc1)C(N)=O. The summed E-state index contributed by atoms with van der Waals surface area (Å²) in [5.41, 5.74) is 4.68. The standard InChI is InChI=1S/C30H37F6N7O3S2/c1-18(44)40-24(7-3-5-17-39-28(48)42-22-14-10-20(11-15-22)30(34,35)36)26(46)43-23(25(37)45)6-2-4-16-38-27(47)41-21-12-8-19(9-13-21)29(31,32)33/h8-15,23-24H,2-7,16-17H2,1H3,(H2,37,45)(H,40,44)(H,43,46)(H2,38,41,47)(H2,39,42,48)/t23-,24+/m1/s1. The minimum Gasteiger partial charge on any atom is -0.368 e. The number of halogens is 6. The van der Waals surface area contributed by atoms with Crippen LogP contribution in [0.4, 0.5) is 37.7 Å². The molecule has 10 nitrogen and oxygen atoms in total. The first kappa shape index (κ1) is 40.0. The Hall–Kier alpha value is -4.19. The van der Waals surface area contributed by atoms with Crippen molar-refractivity contribution in [2.24, 2.45) is 5.73 Å². The fourth-order valence-corrected chi connectivity index (χ4v) is 4.70. The first-order valence-corrected chi connectivity index (χ1v) is 15.6. The van der Waals surface area contributed by atoms with Gasteiger partial charge in [0, 0.05) is 31.4 Å². The van der Waals surface area contributed by atoms with Crippen LogP contribution in [0.1, 0.15) is 56.6 Å². The lowest BCUT2D eigenvalue weighted by Gasteiger charge is -2.22. The van der Waals surface area contributed by atoms with Crippen molar-refractivity contribution in [1.82, 2.24) is 21.3 Å². The van der Waals surface area contributed by atoms with E-state index in [1.807, 2.05) is 0 Å². The summed E-state index contributed by atoms with van der Waals surface area (Å²) in [7, 11) is 0. The number of alkyl halides is 6. The van der Waals surface area contributed by atoms with Crippen LogP contribution in [0.25, 0.3) is 0 Å². The number of thiocarbonyl (C=S) groups is 2. The number of anilines is 2. The van der Waals surface area contributed by atoms with Crippen LogP contribution in [0.3, 0.4) is 0 Å². The molecule has 0 aliphatic heterocycles. The number of nitrogens with two attached hydrogens (primary N) is 1. The number of unbranched alkanes of at least 4 members (excludes halogenated alkanes) is 2. The molecular formula is C30H37F6N7O3S2. The number of primary amides is 1. The lowest BCUT2D eigenvalue weighted by atomic mass is 10.1. The van der Waals surface area contributed by atoms with Gasteiger partial charge in [0.05, 0.1) is 11.1 Å². The molecular weight excluding hydrogens is 684 g/mol. The van der Waals surface area contributed by atoms with E-state index in [9.17, 15) is 40.7 Å². The molecule has 0 heterocycles. The lowest BCUT2D eigenvalue weighted by molar-refractivity contribution is -0.138. The average molecular weight is 722 g/mol. The lowest BCUT2D eigenvalue weighted by Crippen LogP contribution is -2.52. The van der Waals surface area contributed by atoms with E-state index >= 15 is 0 Å². The van der Waals surface area contributed by atoms with Crippen LogP contribution in [-0.4, -0.2) is 53.1 Å². The Labute approximate surface area is 284 Å². The Morgan fingerprint density at radius 2 is 1.06 bits per heavy atom. The number of hydrogen-bond donors (Lipinski definition) is 7. The summed E-state index contributed by atoms with van der Waals surface area (Å²) in [6, 6.07) is 6.83. The normalized spacial score (nSPS) is 12.6. The molecule has 0 spiro atoms. The van der Waals surface area contributed by atoms with E-state index in [1.165, 1.54) is 31.2 Å². The van der Waals surface area contributed by atoms with Crippen molar-refractivity contribution >= 4 is 63.8 Å². The largest absolute Gasteiger partial charge is 0.416 e. The van der Waals surface area contributed by atoms with Crippen LogP contribution in [0.2, 0.25) is 0 Å². The van der Waals surface area contributed by atoms with Crippen LogP contribution in [0.5, 0.6) is 0 Å². The quantitative estimate of drug-likeness (QED) is 0.0737. The van der Waals surface area contributed by atoms with Crippen LogP contribution in [0, 0.1) is 0 Å². The Kier molecular flexibility index (Phi) is 15.8. The van der Waals surface area contributed by atoms with Gasteiger partial charge in [-0.25, -0.2) is 0 Å². The molecule has 3 amide bonds. The molecule has 8 N–H and O–H groups in total. The highest BCUT2D eigenvalue weighted by Crippen LogP contribution is 2.30. The predicted molar refractivity (Wildman–Crippen MR) is 178 cm³/mol. The summed E-state index contributed by atoms with van der Waals surface area (Å²) in [5, 5.41) is 16.9. The van der Waals surface area contributed by atoms with Crippen LogP contribution in [0.15, 0.2) is 48.5 Å². The maximum absolute atomic E-state index is 12.9. The van der Waals surface area contributed by atoms with Crippen LogP contribution < -0.4 is 37.6 Å². The Bertz CT molecular complexity index is 1390. The zero-order valence-electron chi connectivity index (χ0n) is 25.8. The van der Waals surface area contributed by atoms with Gasteiger partial charge in [-0.2, -0.15) is 26.3 Å². The molecule has 0 aromatic heterocycles. The summed E-state index contributed by atoms with van der Waals surface area (Å²) in [5.74, 6) is -1.78. The van der Waals surface area contributed by atoms with Crippen molar-refractivity contribution in [3.8, 4) is 0 Å². The molecule has 0 fully saturated rings. The van der Waals surface area contributed by atoms with Gasteiger partial charge in [-0.05, 0) is 111 Å². The summed E-state index contributed by atoms with van der Waals surface area (Å²) < 4.78 is 76.3. The number of benzene rings is 2. The molecule has 2 aromatic rings. The summed E-state index contributed by atoms with van der Waals surface area (Å²) in [6.07, 6.45) is -6.45. The third kappa shape index (κ3) is 15.1. The molecule has 0 unspecified atom stereocenters. The second kappa shape index (κ2) is 19.0. The molecule has 264 valence electrons. The van der Waals surface area contributed by atoms with Gasteiger partial charge in [0.1, 0.15) is 12.1 Å². The van der Waals surface area contributed by atoms with Crippen molar-refractivity contribution in [3.05, 3.63) is 59.7 Å². The van der Waals surface area contributed by atoms with Gasteiger partial charge in [-0.15, -0.1) is 0 Å². The Morgan fingerprint density at radius 3 is 1.42 bits per heavy atom. The topological polar surface area (TPSA) is 149 Å². The van der Waals surface area contributed by atoms with Crippen LogP contribution in [-0.2, 0) is 26.7 Å². The highest BCUT2D eigenvalue weighted by molar-refractivity contribution is 7.80. The summed E-state index contributed by atoms with van der Waals surface area (Å²) >= 11 is 10.3. The second-order valence-electron chi connectivity index (χ2n) is 10.6. The van der Waals surface area contributed by atoms with Gasteiger partial charge in [0.15, 0.2) is 10.2 Å². The van der Waals surface area contributed by atoms with E-state index in [0.717, 1.165) is 24.3 Å². The minimum absolute atomic E-state index is 0.195. The van der Waals surface area contributed by atoms with Gasteiger partial charge >= 0.3 is 12.4 Å². The molecule has 48 heavy (non-hydrogen) atoms. The van der Waals surface area contributed by atoms with Crippen molar-refractivity contribution in [1.29, 1.82) is 0 Å². The maximum atomic E-state index is 12.9. The van der Waals surface area contributed by atoms with Gasteiger partial charge in [0.2, 0.25) is 17.7 Å². The smallest absolute Gasteiger partial charge is 0.368 e. The van der Waals surface area contributed by atoms with E-state index in [2.05, 4.69) is 31.9 Å². The number of carbonyl (C=O) groups excluding carboxylic acids is 3. The van der Waals surface area contributed by atoms with Gasteiger partial charge in [0.25, 0.3) is 0 Å². The van der Waals surface area contributed by atoms with Crippen molar-refractivity contribution in [2.45, 2.75) is 69.9 Å². The molecule has 0 saturated heterocycles. The number of carbonyl (C=O) groups is 3. The summed E-state index contributed by atoms with van der Waals surface area (Å²) in [6.45, 7) is 2.00. The molecule has 2 aromatic carbocycles. The fraction of sp³-hybridized carbons (Fsp3) is 0.433. The predicted octanol–water partition coefficient (Wildman–Crippen LogP) is 4.81. The van der Waals surface area contributed by atoms with Crippen molar-refractivity contribution in [3.63, 3.8) is 0 Å². The van der Waals surface area contributed by atoms with E-state index in [0.29, 0.717) is 50.1 Å². The van der Waals surface area contributed by atoms with Gasteiger partial charge in [-0.3, -0.25) is 14.4 Å². The van der Waals surface area contributed by atoms with E-state index < -0.39 is 53.3 Å². The second-order valence-corrected chi connectivity index (χ2v) is 11.4. The molecule has 0 radical (unpaired) electrons. The molecule has 18 heteroatoms. The highest BCUT2D eigenvalue weighted by Gasteiger charge is 2.31. The van der Waals surface area contributed by atoms with Gasteiger partial charge < -0.3 is 37.6 Å². The fourth-order valence-electron chi connectivity index (χ4n) is 4.26. The Morgan fingerprint density at radius 1 is 0.667 bits per heavy atom. The number of amides is 3. The third-order valence-electron chi connectivity index (χ3n) is 6.70. The summed E-state index contributed by atoms with van der Waals surface area (Å²) in [4.78, 5) is 36.7. The third-order valence-corrected chi connectivity index (χ3v) is 7.20. The molecule has 2 atom stereocenters. The van der Waals surface area contributed by atoms with E-state index in [-0.39, 0.29) is 23.1 Å². The van der Waals surface area contributed by atoms with Crippen molar-refractivity contribution < 1.29 is 40.7 Å². The van der Waals surface area contributed by atoms with E-state index in [4.69, 9.17) is 30.2 Å². The molecule has 0 saturated carbocycles. The number of hydrogen-bond acceptors (Lipinski definition) is 5. The molecule has 0 aliphatic rings. The van der Waals surface area contributed by atoms with E-state index in [1.54, 1.807) is 0 Å². The zero-order valence-corrected chi connectivity index (χ0v) is 27.4. The minimum atomic E-state index is -4.44. The van der Waals surface area contributed by atoms with Crippen molar-refractivity contribution in [2.75, 3.05) is 23.7 Å². The van der Waals surface area contributed by atoms with Crippen LogP contribution >= 0.6 is 24.4 Å². The highest BCUT2D eigenvalue weighted by atomic mass is 32.1. The maximum Gasteiger partial charge on any atom is 0.416 e. The first-order chi connectivity index (χ1) is 22.5. The number of nitrogens with one attached hydrogen (secondary N) is 6. The molecule has 0 aliphatic carbocycles. The monoisotopic (exact) mass is 721 g/mol. The van der Waals surface area contributed by atoms with Gasteiger partial charge in [-0.1, -0.05) is 0 Å². The number of rotatable bonds is 16. The Balaban J connectivity index is 1.72. The molecule has 0 bridgehead atoms.